The highest BCUT2D eigenvalue weighted by molar-refractivity contribution is 6.31. The minimum Gasteiger partial charge on any atom is -0.480 e. The molecule has 4 nitrogen and oxygen atoms in total. The van der Waals surface area contributed by atoms with E-state index in [1.807, 2.05) is 0 Å². The number of carboxylic acids is 1. The van der Waals surface area contributed by atoms with Crippen molar-refractivity contribution in [2.45, 2.75) is 12.5 Å². The summed E-state index contributed by atoms with van der Waals surface area (Å²) in [6.07, 6.45) is 1.40. The van der Waals surface area contributed by atoms with Gasteiger partial charge in [0.05, 0.1) is 10.6 Å². The lowest BCUT2D eigenvalue weighted by atomic mass is 10.1. The van der Waals surface area contributed by atoms with Crippen molar-refractivity contribution in [3.63, 3.8) is 0 Å². The van der Waals surface area contributed by atoms with Crippen molar-refractivity contribution < 1.29 is 19.1 Å². The Hall–Kier alpha value is -1.88. The van der Waals surface area contributed by atoms with E-state index < -0.39 is 23.7 Å². The first-order valence-corrected chi connectivity index (χ1v) is 5.43. The average molecular weight is 272 g/mol. The van der Waals surface area contributed by atoms with Gasteiger partial charge >= 0.3 is 5.97 Å². The van der Waals surface area contributed by atoms with Crippen molar-refractivity contribution in [1.82, 2.24) is 5.32 Å². The van der Waals surface area contributed by atoms with Crippen LogP contribution < -0.4 is 5.32 Å². The Morgan fingerprint density at radius 2 is 2.22 bits per heavy atom. The normalized spacial score (nSPS) is 11.7. The number of hydrogen-bond donors (Lipinski definition) is 2. The highest BCUT2D eigenvalue weighted by Gasteiger charge is 2.21. The molecular formula is C12H11ClFNO3. The van der Waals surface area contributed by atoms with E-state index >= 15 is 0 Å². The largest absolute Gasteiger partial charge is 0.480 e. The van der Waals surface area contributed by atoms with Crippen LogP contribution in [0.2, 0.25) is 5.02 Å². The summed E-state index contributed by atoms with van der Waals surface area (Å²) in [6, 6.07) is 2.78. The third-order valence-electron chi connectivity index (χ3n) is 2.20. The fraction of sp³-hybridized carbons (Fsp3) is 0.167. The molecule has 0 bridgehead atoms. The number of aliphatic carboxylic acids is 1. The van der Waals surface area contributed by atoms with E-state index in [0.717, 1.165) is 0 Å². The molecule has 1 atom stereocenters. The molecule has 1 aromatic rings. The van der Waals surface area contributed by atoms with E-state index in [9.17, 15) is 14.0 Å². The molecule has 0 aliphatic heterocycles. The van der Waals surface area contributed by atoms with Crippen LogP contribution in [0, 0.1) is 5.82 Å². The average Bonchev–Trinajstić information content (AvgIpc) is 2.31. The zero-order valence-corrected chi connectivity index (χ0v) is 10.1. The number of hydrogen-bond acceptors (Lipinski definition) is 2. The van der Waals surface area contributed by atoms with Crippen LogP contribution in [-0.2, 0) is 4.79 Å². The second kappa shape index (κ2) is 6.16. The number of carbonyl (C=O) groups excluding carboxylic acids is 1. The summed E-state index contributed by atoms with van der Waals surface area (Å²) < 4.78 is 13.5. The van der Waals surface area contributed by atoms with E-state index in [1.165, 1.54) is 24.3 Å². The lowest BCUT2D eigenvalue weighted by Gasteiger charge is -2.13. The van der Waals surface area contributed by atoms with E-state index in [0.29, 0.717) is 0 Å². The second-order valence-corrected chi connectivity index (χ2v) is 3.90. The predicted octanol–water partition coefficient (Wildman–Crippen LogP) is 2.24. The summed E-state index contributed by atoms with van der Waals surface area (Å²) in [5.41, 5.74) is -0.294. The molecule has 0 radical (unpaired) electrons. The second-order valence-electron chi connectivity index (χ2n) is 3.49. The molecule has 1 aromatic carbocycles. The zero-order valence-electron chi connectivity index (χ0n) is 9.32. The van der Waals surface area contributed by atoms with Crippen LogP contribution in [0.25, 0.3) is 0 Å². The summed E-state index contributed by atoms with van der Waals surface area (Å²) in [5, 5.41) is 10.8. The molecule has 0 saturated carbocycles. The van der Waals surface area contributed by atoms with Crippen LogP contribution in [0.15, 0.2) is 30.9 Å². The molecule has 0 heterocycles. The van der Waals surface area contributed by atoms with E-state index in [-0.39, 0.29) is 17.0 Å². The number of benzene rings is 1. The van der Waals surface area contributed by atoms with Gasteiger partial charge in [0.25, 0.3) is 5.91 Å². The summed E-state index contributed by atoms with van der Waals surface area (Å²) in [7, 11) is 0. The Morgan fingerprint density at radius 3 is 2.78 bits per heavy atom. The van der Waals surface area contributed by atoms with E-state index in [1.54, 1.807) is 0 Å². The SMILES string of the molecule is C=CCC(NC(=O)c1cccc(Cl)c1F)C(=O)O. The molecule has 0 aliphatic carbocycles. The summed E-state index contributed by atoms with van der Waals surface area (Å²) in [6.45, 7) is 3.38. The highest BCUT2D eigenvalue weighted by atomic mass is 35.5. The maximum Gasteiger partial charge on any atom is 0.326 e. The third-order valence-corrected chi connectivity index (χ3v) is 2.49. The minimum atomic E-state index is -1.22. The van der Waals surface area contributed by atoms with Crippen molar-refractivity contribution in [3.8, 4) is 0 Å². The Balaban J connectivity index is 2.90. The van der Waals surface area contributed by atoms with Gasteiger partial charge in [0.2, 0.25) is 0 Å². The zero-order chi connectivity index (χ0) is 13.7. The van der Waals surface area contributed by atoms with Gasteiger partial charge < -0.3 is 10.4 Å². The van der Waals surface area contributed by atoms with Gasteiger partial charge in [-0.2, -0.15) is 0 Å². The van der Waals surface area contributed by atoms with Gasteiger partial charge in [-0.15, -0.1) is 6.58 Å². The van der Waals surface area contributed by atoms with Gasteiger partial charge in [0.15, 0.2) is 5.82 Å². The number of carboxylic acid groups (broad SMARTS) is 1. The molecule has 2 N–H and O–H groups in total. The van der Waals surface area contributed by atoms with Crippen molar-refractivity contribution in [3.05, 3.63) is 47.3 Å². The summed E-state index contributed by atoms with van der Waals surface area (Å²) >= 11 is 5.53. The molecule has 1 unspecified atom stereocenters. The number of amides is 1. The van der Waals surface area contributed by atoms with Crippen LogP contribution in [-0.4, -0.2) is 23.0 Å². The number of nitrogens with one attached hydrogen (secondary N) is 1. The smallest absolute Gasteiger partial charge is 0.326 e. The predicted molar refractivity (Wildman–Crippen MR) is 65.1 cm³/mol. The Kier molecular flexibility index (Phi) is 4.85. The van der Waals surface area contributed by atoms with Crippen LogP contribution in [0.1, 0.15) is 16.8 Å². The fourth-order valence-corrected chi connectivity index (χ4v) is 1.48. The molecule has 18 heavy (non-hydrogen) atoms. The topological polar surface area (TPSA) is 66.4 Å². The molecule has 0 aliphatic rings. The first-order valence-electron chi connectivity index (χ1n) is 5.06. The molecule has 1 amide bonds. The van der Waals surface area contributed by atoms with Crippen molar-refractivity contribution in [2.24, 2.45) is 0 Å². The standard InChI is InChI=1S/C12H11ClFNO3/c1-2-4-9(12(17)18)15-11(16)7-5-3-6-8(13)10(7)14/h2-3,5-6,9H,1,4H2,(H,15,16)(H,17,18). The highest BCUT2D eigenvalue weighted by Crippen LogP contribution is 2.17. The van der Waals surface area contributed by atoms with E-state index in [2.05, 4.69) is 11.9 Å². The number of halogens is 2. The van der Waals surface area contributed by atoms with Crippen molar-refractivity contribution in [1.29, 1.82) is 0 Å². The summed E-state index contributed by atoms with van der Waals surface area (Å²) in [5.74, 6) is -2.92. The van der Waals surface area contributed by atoms with Crippen LogP contribution in [0.5, 0.6) is 0 Å². The lowest BCUT2D eigenvalue weighted by Crippen LogP contribution is -2.40. The third kappa shape index (κ3) is 3.30. The van der Waals surface area contributed by atoms with Gasteiger partial charge in [0, 0.05) is 0 Å². The van der Waals surface area contributed by atoms with Gasteiger partial charge in [0.1, 0.15) is 6.04 Å². The van der Waals surface area contributed by atoms with Crippen molar-refractivity contribution >= 4 is 23.5 Å². The monoisotopic (exact) mass is 271 g/mol. The quantitative estimate of drug-likeness (QED) is 0.807. The van der Waals surface area contributed by atoms with Crippen LogP contribution in [0.3, 0.4) is 0 Å². The molecule has 1 rings (SSSR count). The molecule has 6 heteroatoms. The maximum atomic E-state index is 13.5. The molecular weight excluding hydrogens is 261 g/mol. The molecule has 0 saturated heterocycles. The van der Waals surface area contributed by atoms with Crippen LogP contribution in [0.4, 0.5) is 4.39 Å². The Morgan fingerprint density at radius 1 is 1.56 bits per heavy atom. The maximum absolute atomic E-state index is 13.5. The van der Waals surface area contributed by atoms with E-state index in [4.69, 9.17) is 16.7 Å². The van der Waals surface area contributed by atoms with Crippen LogP contribution >= 0.6 is 11.6 Å². The Labute approximate surface area is 108 Å². The first kappa shape index (κ1) is 14.2. The van der Waals surface area contributed by atoms with Crippen molar-refractivity contribution in [2.75, 3.05) is 0 Å². The number of rotatable bonds is 5. The minimum absolute atomic E-state index is 0.0449. The van der Waals surface area contributed by atoms with Gasteiger partial charge in [-0.1, -0.05) is 23.7 Å². The first-order chi connectivity index (χ1) is 8.47. The Bertz CT molecular complexity index is 490. The van der Waals surface area contributed by atoms with Gasteiger partial charge in [-0.3, -0.25) is 4.79 Å². The fourth-order valence-electron chi connectivity index (χ4n) is 1.30. The van der Waals surface area contributed by atoms with Gasteiger partial charge in [-0.25, -0.2) is 9.18 Å². The molecule has 0 spiro atoms. The van der Waals surface area contributed by atoms with Gasteiger partial charge in [-0.05, 0) is 18.6 Å². The molecule has 0 aromatic heterocycles. The molecule has 96 valence electrons. The lowest BCUT2D eigenvalue weighted by molar-refractivity contribution is -0.139. The molecule has 0 fully saturated rings. The number of carbonyl (C=O) groups is 2. The summed E-state index contributed by atoms with van der Waals surface area (Å²) in [4.78, 5) is 22.5.